The van der Waals surface area contributed by atoms with E-state index in [0.29, 0.717) is 18.7 Å². The van der Waals surface area contributed by atoms with E-state index < -0.39 is 0 Å². The van der Waals surface area contributed by atoms with Crippen LogP contribution >= 0.6 is 22.7 Å². The summed E-state index contributed by atoms with van der Waals surface area (Å²) in [5.74, 6) is -0.205. The second-order valence-corrected chi connectivity index (χ2v) is 7.50. The van der Waals surface area contributed by atoms with Crippen molar-refractivity contribution in [2.75, 3.05) is 13.1 Å². The van der Waals surface area contributed by atoms with Crippen molar-refractivity contribution in [3.8, 4) is 0 Å². The highest BCUT2D eigenvalue weighted by atomic mass is 32.1. The molecule has 0 saturated carbocycles. The molecule has 1 N–H and O–H groups in total. The minimum Gasteiger partial charge on any atom is -0.350 e. The standard InChI is InChI=1S/C16H20N2O2S2/c1-4-18(16(20)14-8-11(2)22-12(14)3)10-15(19)17-9-13-6-5-7-21-13/h5-8H,4,9-10H2,1-3H3,(H,17,19). The molecular weight excluding hydrogens is 316 g/mol. The Kier molecular flexibility index (Phi) is 5.74. The van der Waals surface area contributed by atoms with Gasteiger partial charge < -0.3 is 10.2 Å². The van der Waals surface area contributed by atoms with Gasteiger partial charge in [0.05, 0.1) is 18.7 Å². The summed E-state index contributed by atoms with van der Waals surface area (Å²) in [5, 5.41) is 4.83. The molecule has 0 aliphatic heterocycles. The molecule has 2 heterocycles. The summed E-state index contributed by atoms with van der Waals surface area (Å²) in [6.45, 7) is 6.93. The molecule has 0 atom stereocenters. The predicted molar refractivity (Wildman–Crippen MR) is 91.5 cm³/mol. The normalized spacial score (nSPS) is 10.5. The van der Waals surface area contributed by atoms with Gasteiger partial charge in [-0.2, -0.15) is 0 Å². The van der Waals surface area contributed by atoms with Crippen molar-refractivity contribution in [3.05, 3.63) is 43.8 Å². The van der Waals surface area contributed by atoms with Crippen molar-refractivity contribution >= 4 is 34.5 Å². The molecular formula is C16H20N2O2S2. The lowest BCUT2D eigenvalue weighted by Gasteiger charge is -2.20. The number of hydrogen-bond donors (Lipinski definition) is 1. The number of nitrogens with zero attached hydrogens (tertiary/aromatic N) is 1. The third kappa shape index (κ3) is 4.18. The van der Waals surface area contributed by atoms with Gasteiger partial charge in [0.2, 0.25) is 5.91 Å². The second kappa shape index (κ2) is 7.56. The van der Waals surface area contributed by atoms with Crippen LogP contribution in [-0.4, -0.2) is 29.8 Å². The number of carbonyl (C=O) groups excluding carboxylic acids is 2. The SMILES string of the molecule is CCN(CC(=O)NCc1cccs1)C(=O)c1cc(C)sc1C. The van der Waals surface area contributed by atoms with Gasteiger partial charge in [-0.3, -0.25) is 9.59 Å². The van der Waals surface area contributed by atoms with Crippen molar-refractivity contribution in [1.29, 1.82) is 0 Å². The highest BCUT2D eigenvalue weighted by Crippen LogP contribution is 2.22. The van der Waals surface area contributed by atoms with E-state index in [-0.39, 0.29) is 18.4 Å². The maximum atomic E-state index is 12.5. The maximum Gasteiger partial charge on any atom is 0.255 e. The zero-order valence-corrected chi connectivity index (χ0v) is 14.6. The van der Waals surface area contributed by atoms with Gasteiger partial charge >= 0.3 is 0 Å². The number of likely N-dealkylation sites (N-methyl/N-ethyl adjacent to an activating group) is 1. The third-order valence-corrected chi connectivity index (χ3v) is 5.16. The minimum absolute atomic E-state index is 0.0735. The van der Waals surface area contributed by atoms with E-state index in [9.17, 15) is 9.59 Å². The van der Waals surface area contributed by atoms with Crippen molar-refractivity contribution in [2.24, 2.45) is 0 Å². The molecule has 0 radical (unpaired) electrons. The Morgan fingerprint density at radius 1 is 1.32 bits per heavy atom. The Morgan fingerprint density at radius 2 is 2.09 bits per heavy atom. The molecule has 0 aromatic carbocycles. The van der Waals surface area contributed by atoms with E-state index in [1.54, 1.807) is 27.6 Å². The smallest absolute Gasteiger partial charge is 0.255 e. The first-order valence-corrected chi connectivity index (χ1v) is 8.86. The maximum absolute atomic E-state index is 12.5. The molecule has 2 rings (SSSR count). The summed E-state index contributed by atoms with van der Waals surface area (Å²) in [6.07, 6.45) is 0. The molecule has 0 aliphatic carbocycles. The van der Waals surface area contributed by atoms with E-state index in [1.807, 2.05) is 44.4 Å². The van der Waals surface area contributed by atoms with Crippen LogP contribution in [0.5, 0.6) is 0 Å². The van der Waals surface area contributed by atoms with E-state index >= 15 is 0 Å². The van der Waals surface area contributed by atoms with E-state index in [0.717, 1.165) is 14.6 Å². The van der Waals surface area contributed by atoms with Gasteiger partial charge in [-0.05, 0) is 38.3 Å². The molecule has 6 heteroatoms. The van der Waals surface area contributed by atoms with Gasteiger partial charge in [0.25, 0.3) is 5.91 Å². The van der Waals surface area contributed by atoms with Crippen LogP contribution in [0.4, 0.5) is 0 Å². The Hall–Kier alpha value is -1.66. The number of thiophene rings is 2. The average molecular weight is 336 g/mol. The van der Waals surface area contributed by atoms with Gasteiger partial charge in [0.1, 0.15) is 0 Å². The monoisotopic (exact) mass is 336 g/mol. The van der Waals surface area contributed by atoms with Crippen molar-refractivity contribution in [3.63, 3.8) is 0 Å². The van der Waals surface area contributed by atoms with Crippen LogP contribution in [0.25, 0.3) is 0 Å². The summed E-state index contributed by atoms with van der Waals surface area (Å²) in [7, 11) is 0. The number of hydrogen-bond acceptors (Lipinski definition) is 4. The Bertz CT molecular complexity index is 647. The first-order valence-electron chi connectivity index (χ1n) is 7.16. The van der Waals surface area contributed by atoms with E-state index in [4.69, 9.17) is 0 Å². The lowest BCUT2D eigenvalue weighted by atomic mass is 10.2. The molecule has 22 heavy (non-hydrogen) atoms. The molecule has 118 valence electrons. The number of amides is 2. The molecule has 0 spiro atoms. The first-order chi connectivity index (χ1) is 10.5. The minimum atomic E-state index is -0.131. The van der Waals surface area contributed by atoms with Crippen LogP contribution < -0.4 is 5.32 Å². The van der Waals surface area contributed by atoms with Crippen LogP contribution in [0.3, 0.4) is 0 Å². The summed E-state index contributed by atoms with van der Waals surface area (Å²) in [6, 6.07) is 5.83. The van der Waals surface area contributed by atoms with Gasteiger partial charge in [0.15, 0.2) is 0 Å². The lowest BCUT2D eigenvalue weighted by molar-refractivity contribution is -0.121. The highest BCUT2D eigenvalue weighted by Gasteiger charge is 2.20. The largest absolute Gasteiger partial charge is 0.350 e. The van der Waals surface area contributed by atoms with Gasteiger partial charge in [0, 0.05) is 21.2 Å². The molecule has 2 aromatic heterocycles. The fourth-order valence-electron chi connectivity index (χ4n) is 2.17. The fraction of sp³-hybridized carbons (Fsp3) is 0.375. The summed E-state index contributed by atoms with van der Waals surface area (Å²) < 4.78 is 0. The Labute approximate surface area is 138 Å². The second-order valence-electron chi connectivity index (χ2n) is 5.00. The number of aryl methyl sites for hydroxylation is 2. The first kappa shape index (κ1) is 16.7. The average Bonchev–Trinajstić information content (AvgIpc) is 3.11. The molecule has 0 saturated heterocycles. The van der Waals surface area contributed by atoms with Crippen molar-refractivity contribution in [2.45, 2.75) is 27.3 Å². The number of nitrogens with one attached hydrogen (secondary N) is 1. The third-order valence-electron chi connectivity index (χ3n) is 3.31. The molecule has 0 aliphatic rings. The molecule has 4 nitrogen and oxygen atoms in total. The number of carbonyl (C=O) groups is 2. The number of rotatable bonds is 6. The summed E-state index contributed by atoms with van der Waals surface area (Å²) >= 11 is 3.21. The molecule has 0 fully saturated rings. The van der Waals surface area contributed by atoms with Crippen LogP contribution in [0, 0.1) is 13.8 Å². The van der Waals surface area contributed by atoms with E-state index in [1.165, 1.54) is 0 Å². The van der Waals surface area contributed by atoms with E-state index in [2.05, 4.69) is 5.32 Å². The zero-order valence-electron chi connectivity index (χ0n) is 13.0. The highest BCUT2D eigenvalue weighted by molar-refractivity contribution is 7.12. The predicted octanol–water partition coefficient (Wildman–Crippen LogP) is 3.20. The Balaban J connectivity index is 1.94. The molecule has 2 aromatic rings. The fourth-order valence-corrected chi connectivity index (χ4v) is 3.73. The van der Waals surface area contributed by atoms with Crippen LogP contribution in [0.1, 0.15) is 31.9 Å². The van der Waals surface area contributed by atoms with Gasteiger partial charge in [-0.1, -0.05) is 6.07 Å². The van der Waals surface area contributed by atoms with Crippen molar-refractivity contribution in [1.82, 2.24) is 10.2 Å². The molecule has 0 unspecified atom stereocenters. The molecule has 2 amide bonds. The van der Waals surface area contributed by atoms with Gasteiger partial charge in [-0.25, -0.2) is 0 Å². The molecule has 0 bridgehead atoms. The Morgan fingerprint density at radius 3 is 2.64 bits per heavy atom. The zero-order chi connectivity index (χ0) is 16.1. The van der Waals surface area contributed by atoms with Gasteiger partial charge in [-0.15, -0.1) is 22.7 Å². The summed E-state index contributed by atoms with van der Waals surface area (Å²) in [5.41, 5.74) is 0.704. The van der Waals surface area contributed by atoms with Crippen molar-refractivity contribution < 1.29 is 9.59 Å². The lowest BCUT2D eigenvalue weighted by Crippen LogP contribution is -2.40. The van der Waals surface area contributed by atoms with Crippen LogP contribution in [0.15, 0.2) is 23.6 Å². The van der Waals surface area contributed by atoms with Crippen LogP contribution in [0.2, 0.25) is 0 Å². The topological polar surface area (TPSA) is 49.4 Å². The quantitative estimate of drug-likeness (QED) is 0.880. The van der Waals surface area contributed by atoms with Crippen LogP contribution in [-0.2, 0) is 11.3 Å². The summed E-state index contributed by atoms with van der Waals surface area (Å²) in [4.78, 5) is 29.4.